The van der Waals surface area contributed by atoms with Gasteiger partial charge in [-0.25, -0.2) is 21.6 Å². The Kier molecular flexibility index (Phi) is 5.29. The molecule has 0 spiro atoms. The highest BCUT2D eigenvalue weighted by Crippen LogP contribution is 2.23. The first kappa shape index (κ1) is 16.7. The predicted octanol–water partition coefficient (Wildman–Crippen LogP) is 2.47. The summed E-state index contributed by atoms with van der Waals surface area (Å²) in [5, 5.41) is 0. The van der Waals surface area contributed by atoms with Crippen LogP contribution in [-0.2, 0) is 19.1 Å². The fraction of sp³-hybridized carbons (Fsp3) is 0.538. The Morgan fingerprint density at radius 3 is 2.00 bits per heavy atom. The van der Waals surface area contributed by atoms with Gasteiger partial charge in [0.2, 0.25) is 10.0 Å². The molecule has 21 heavy (non-hydrogen) atoms. The molecule has 0 heterocycles. The fourth-order valence-electron chi connectivity index (χ4n) is 2.48. The van der Waals surface area contributed by atoms with Gasteiger partial charge in [0.25, 0.3) is 9.05 Å². The molecule has 0 atom stereocenters. The maximum atomic E-state index is 12.1. The van der Waals surface area contributed by atoms with Crippen LogP contribution in [0.25, 0.3) is 0 Å². The summed E-state index contributed by atoms with van der Waals surface area (Å²) in [4.78, 5) is -0.0715. The number of halogens is 1. The van der Waals surface area contributed by atoms with E-state index in [9.17, 15) is 16.8 Å². The third-order valence-corrected chi connectivity index (χ3v) is 6.51. The normalized spacial score (nSPS) is 17.8. The summed E-state index contributed by atoms with van der Waals surface area (Å²) >= 11 is 0. The van der Waals surface area contributed by atoms with Gasteiger partial charge >= 0.3 is 0 Å². The van der Waals surface area contributed by atoms with Gasteiger partial charge in [-0.3, -0.25) is 0 Å². The van der Waals surface area contributed by atoms with Crippen molar-refractivity contribution in [2.24, 2.45) is 5.92 Å². The second kappa shape index (κ2) is 6.64. The van der Waals surface area contributed by atoms with Crippen molar-refractivity contribution >= 4 is 29.8 Å². The Labute approximate surface area is 130 Å². The smallest absolute Gasteiger partial charge is 0.211 e. The molecule has 2 rings (SSSR count). The van der Waals surface area contributed by atoms with Crippen LogP contribution in [0.1, 0.15) is 32.1 Å². The van der Waals surface area contributed by atoms with Crippen molar-refractivity contribution in [2.75, 3.05) is 6.54 Å². The summed E-state index contributed by atoms with van der Waals surface area (Å²) in [7, 11) is -2.25. The predicted molar refractivity (Wildman–Crippen MR) is 81.2 cm³/mol. The first-order valence-corrected chi connectivity index (χ1v) is 10.6. The molecule has 5 nitrogen and oxygen atoms in total. The Bertz CT molecular complexity index is 677. The molecule has 0 amide bonds. The summed E-state index contributed by atoms with van der Waals surface area (Å²) in [5.41, 5.74) is 0. The molecule has 1 fully saturated rings. The SMILES string of the molecule is O=S(=O)(Cl)c1ccc(S(=O)(=O)NCC2CCCCC2)cc1. The molecule has 8 heteroatoms. The third-order valence-electron chi connectivity index (χ3n) is 3.70. The highest BCUT2D eigenvalue weighted by atomic mass is 35.7. The molecule has 1 aromatic rings. The van der Waals surface area contributed by atoms with Crippen LogP contribution in [0.4, 0.5) is 0 Å². The third kappa shape index (κ3) is 4.67. The summed E-state index contributed by atoms with van der Waals surface area (Å²) < 4.78 is 49.1. The van der Waals surface area contributed by atoms with Crippen molar-refractivity contribution in [2.45, 2.75) is 41.9 Å². The molecule has 0 bridgehead atoms. The van der Waals surface area contributed by atoms with E-state index in [4.69, 9.17) is 10.7 Å². The molecule has 0 radical (unpaired) electrons. The van der Waals surface area contributed by atoms with E-state index in [2.05, 4.69) is 4.72 Å². The highest BCUT2D eigenvalue weighted by molar-refractivity contribution is 8.13. The lowest BCUT2D eigenvalue weighted by atomic mass is 9.90. The zero-order valence-electron chi connectivity index (χ0n) is 11.5. The van der Waals surface area contributed by atoms with Crippen molar-refractivity contribution in [3.63, 3.8) is 0 Å². The van der Waals surface area contributed by atoms with Gasteiger partial charge in [0.1, 0.15) is 0 Å². The van der Waals surface area contributed by atoms with Gasteiger partial charge in [0.05, 0.1) is 9.79 Å². The molecular formula is C13H18ClNO4S2. The molecule has 1 aromatic carbocycles. The minimum Gasteiger partial charge on any atom is -0.211 e. The van der Waals surface area contributed by atoms with Crippen LogP contribution in [0.2, 0.25) is 0 Å². The Morgan fingerprint density at radius 1 is 0.952 bits per heavy atom. The quantitative estimate of drug-likeness (QED) is 0.826. The molecule has 1 aliphatic carbocycles. The minimum atomic E-state index is -3.84. The van der Waals surface area contributed by atoms with E-state index >= 15 is 0 Å². The number of rotatable bonds is 5. The minimum absolute atomic E-state index is 0.0439. The van der Waals surface area contributed by atoms with E-state index in [-0.39, 0.29) is 9.79 Å². The maximum absolute atomic E-state index is 12.1. The lowest BCUT2D eigenvalue weighted by Gasteiger charge is -2.21. The first-order chi connectivity index (χ1) is 9.79. The highest BCUT2D eigenvalue weighted by Gasteiger charge is 2.19. The summed E-state index contributed by atoms with van der Waals surface area (Å²) in [6.07, 6.45) is 5.61. The average Bonchev–Trinajstić information content (AvgIpc) is 2.46. The van der Waals surface area contributed by atoms with Crippen LogP contribution in [0.5, 0.6) is 0 Å². The van der Waals surface area contributed by atoms with E-state index in [1.165, 1.54) is 30.7 Å². The van der Waals surface area contributed by atoms with E-state index in [1.807, 2.05) is 0 Å². The summed E-state index contributed by atoms with van der Waals surface area (Å²) in [5.74, 6) is 0.385. The van der Waals surface area contributed by atoms with Crippen molar-refractivity contribution in [1.82, 2.24) is 4.72 Å². The van der Waals surface area contributed by atoms with Crippen molar-refractivity contribution in [3.8, 4) is 0 Å². The number of hydrogen-bond donors (Lipinski definition) is 1. The number of hydrogen-bond acceptors (Lipinski definition) is 4. The van der Waals surface area contributed by atoms with E-state index in [0.717, 1.165) is 25.7 Å². The molecule has 0 saturated heterocycles. The van der Waals surface area contributed by atoms with E-state index in [0.29, 0.717) is 12.5 Å². The number of nitrogens with one attached hydrogen (secondary N) is 1. The van der Waals surface area contributed by atoms with Crippen LogP contribution in [-0.4, -0.2) is 23.4 Å². The second-order valence-corrected chi connectivity index (χ2v) is 9.60. The van der Waals surface area contributed by atoms with Gasteiger partial charge in [0.15, 0.2) is 0 Å². The van der Waals surface area contributed by atoms with Crippen LogP contribution < -0.4 is 4.72 Å². The van der Waals surface area contributed by atoms with Crippen LogP contribution in [0.3, 0.4) is 0 Å². The van der Waals surface area contributed by atoms with Crippen LogP contribution in [0.15, 0.2) is 34.1 Å². The van der Waals surface area contributed by atoms with Gasteiger partial charge in [-0.15, -0.1) is 0 Å². The van der Waals surface area contributed by atoms with E-state index < -0.39 is 19.1 Å². The first-order valence-electron chi connectivity index (χ1n) is 6.83. The average molecular weight is 352 g/mol. The van der Waals surface area contributed by atoms with Crippen molar-refractivity contribution in [1.29, 1.82) is 0 Å². The molecule has 0 aromatic heterocycles. The van der Waals surface area contributed by atoms with Gasteiger partial charge in [-0.1, -0.05) is 19.3 Å². The molecule has 1 saturated carbocycles. The molecular weight excluding hydrogens is 334 g/mol. The Morgan fingerprint density at radius 2 is 1.48 bits per heavy atom. The molecule has 0 unspecified atom stereocenters. The summed E-state index contributed by atoms with van der Waals surface area (Å²) in [6, 6.07) is 4.88. The number of benzene rings is 1. The maximum Gasteiger partial charge on any atom is 0.261 e. The van der Waals surface area contributed by atoms with Gasteiger partial charge in [-0.2, -0.15) is 0 Å². The summed E-state index contributed by atoms with van der Waals surface area (Å²) in [6.45, 7) is 0.428. The standard InChI is InChI=1S/C13H18ClNO4S2/c14-20(16,17)12-6-8-13(9-7-12)21(18,19)15-10-11-4-2-1-3-5-11/h6-9,11,15H,1-5,10H2. The zero-order chi connectivity index (χ0) is 15.5. The van der Waals surface area contributed by atoms with Crippen molar-refractivity contribution < 1.29 is 16.8 Å². The monoisotopic (exact) mass is 351 g/mol. The molecule has 118 valence electrons. The zero-order valence-corrected chi connectivity index (χ0v) is 13.8. The van der Waals surface area contributed by atoms with Gasteiger partial charge < -0.3 is 0 Å². The Balaban J connectivity index is 2.05. The molecule has 1 aliphatic rings. The van der Waals surface area contributed by atoms with Gasteiger partial charge in [-0.05, 0) is 43.0 Å². The lowest BCUT2D eigenvalue weighted by Crippen LogP contribution is -2.30. The Hall–Kier alpha value is -0.630. The van der Waals surface area contributed by atoms with Crippen LogP contribution in [0, 0.1) is 5.92 Å². The van der Waals surface area contributed by atoms with E-state index in [1.54, 1.807) is 0 Å². The fourth-order valence-corrected chi connectivity index (χ4v) is 4.37. The lowest BCUT2D eigenvalue weighted by molar-refractivity contribution is 0.357. The topological polar surface area (TPSA) is 80.3 Å². The largest absolute Gasteiger partial charge is 0.261 e. The van der Waals surface area contributed by atoms with Crippen LogP contribution >= 0.6 is 10.7 Å². The number of sulfonamides is 1. The second-order valence-electron chi connectivity index (χ2n) is 5.27. The molecule has 0 aliphatic heterocycles. The van der Waals surface area contributed by atoms with Gasteiger partial charge in [0, 0.05) is 17.2 Å². The van der Waals surface area contributed by atoms with Crippen molar-refractivity contribution in [3.05, 3.63) is 24.3 Å². The molecule has 1 N–H and O–H groups in total.